The maximum absolute atomic E-state index is 4.70. The second-order valence-corrected chi connectivity index (χ2v) is 6.76. The first kappa shape index (κ1) is 27.8. The van der Waals surface area contributed by atoms with E-state index in [0.29, 0.717) is 0 Å². The molecule has 2 aromatic carbocycles. The first-order valence-electron chi connectivity index (χ1n) is 9.39. The molecule has 0 saturated heterocycles. The third-order valence-electron chi connectivity index (χ3n) is 4.46. The summed E-state index contributed by atoms with van der Waals surface area (Å²) >= 11 is 0. The molecule has 3 nitrogen and oxygen atoms in total. The van der Waals surface area contributed by atoms with E-state index < -0.39 is 0 Å². The van der Waals surface area contributed by atoms with Crippen molar-refractivity contribution in [2.45, 2.75) is 41.5 Å². The topological polar surface area (TPSA) is 37.6 Å². The maximum atomic E-state index is 4.70. The normalized spacial score (nSPS) is 10.5. The Morgan fingerprint density at radius 1 is 0.800 bits per heavy atom. The molecule has 0 N–H and O–H groups in total. The summed E-state index contributed by atoms with van der Waals surface area (Å²) in [5, 5.41) is 0. The van der Waals surface area contributed by atoms with Gasteiger partial charge < -0.3 is 17.4 Å². The van der Waals surface area contributed by atoms with Crippen LogP contribution in [0.3, 0.4) is 0 Å². The van der Waals surface area contributed by atoms with Crippen LogP contribution in [0.2, 0.25) is 0 Å². The summed E-state index contributed by atoms with van der Waals surface area (Å²) in [5.74, 6) is 0. The van der Waals surface area contributed by atoms with Gasteiger partial charge in [0.1, 0.15) is 0 Å². The molecule has 0 saturated carbocycles. The molecule has 0 atom stereocenters. The van der Waals surface area contributed by atoms with E-state index in [-0.39, 0.29) is 29.8 Å². The van der Waals surface area contributed by atoms with Crippen molar-refractivity contribution >= 4 is 23.3 Å². The molecule has 0 radical (unpaired) electrons. The molecular formula is C25H28ClCrN3. The minimum Gasteiger partial charge on any atom is -1.00 e. The number of halogens is 1. The summed E-state index contributed by atoms with van der Waals surface area (Å²) in [6.07, 6.45) is 6.40. The average Bonchev–Trinajstić information content (AvgIpc) is 2.69. The number of aliphatic imine (C=N–C) groups is 2. The molecule has 0 aliphatic carbocycles. The zero-order chi connectivity index (χ0) is 20.5. The Morgan fingerprint density at radius 2 is 1.30 bits per heavy atom. The standard InChI is InChI=1S/C15H16N2.C10H12N.ClH.Cr/c1-11-6-4-7-12(2)15(11)17-13(3)14-8-5-9-16-10-14;1-4-11-10-8(2)6-5-7-9(10)3;;/h4-10H,1-3H3;5-7H,1-3H3;1H;/q;-1;;+2/p-1. The van der Waals surface area contributed by atoms with Crippen molar-refractivity contribution in [3.63, 3.8) is 0 Å². The molecule has 0 aliphatic rings. The summed E-state index contributed by atoms with van der Waals surface area (Å²) < 4.78 is 0. The van der Waals surface area contributed by atoms with Gasteiger partial charge in [0.05, 0.1) is 5.69 Å². The van der Waals surface area contributed by atoms with Crippen molar-refractivity contribution in [3.05, 3.63) is 88.7 Å². The molecule has 0 bridgehead atoms. The van der Waals surface area contributed by atoms with Crippen LogP contribution < -0.4 is 12.4 Å². The van der Waals surface area contributed by atoms with Gasteiger partial charge in [-0.3, -0.25) is 9.98 Å². The summed E-state index contributed by atoms with van der Waals surface area (Å²) in [7, 11) is 0. The van der Waals surface area contributed by atoms with Crippen molar-refractivity contribution < 1.29 is 29.8 Å². The van der Waals surface area contributed by atoms with Crippen LogP contribution in [0.25, 0.3) is 0 Å². The number of aryl methyl sites for hydroxylation is 4. The molecule has 30 heavy (non-hydrogen) atoms. The maximum Gasteiger partial charge on any atom is 2.00 e. The van der Waals surface area contributed by atoms with E-state index in [1.54, 1.807) is 6.20 Å². The molecule has 3 rings (SSSR count). The summed E-state index contributed by atoms with van der Waals surface area (Å²) in [6.45, 7) is 12.1. The van der Waals surface area contributed by atoms with E-state index in [9.17, 15) is 0 Å². The van der Waals surface area contributed by atoms with Crippen molar-refractivity contribution in [2.75, 3.05) is 0 Å². The van der Waals surface area contributed by atoms with Crippen LogP contribution in [0, 0.1) is 27.7 Å². The fourth-order valence-electron chi connectivity index (χ4n) is 2.88. The predicted molar refractivity (Wildman–Crippen MR) is 121 cm³/mol. The molecule has 0 fully saturated rings. The van der Waals surface area contributed by atoms with E-state index in [2.05, 4.69) is 74.2 Å². The number of pyridine rings is 1. The van der Waals surface area contributed by atoms with Gasteiger partial charge in [-0.25, -0.2) is 0 Å². The summed E-state index contributed by atoms with van der Waals surface area (Å²) in [6, 6.07) is 16.3. The molecule has 3 aromatic rings. The Labute approximate surface area is 198 Å². The van der Waals surface area contributed by atoms with Gasteiger partial charge in [0.2, 0.25) is 0 Å². The van der Waals surface area contributed by atoms with Gasteiger partial charge in [-0.15, -0.1) is 18.1 Å². The number of benzene rings is 2. The molecule has 0 spiro atoms. The molecule has 1 aromatic heterocycles. The van der Waals surface area contributed by atoms with Crippen molar-refractivity contribution in [1.82, 2.24) is 4.98 Å². The van der Waals surface area contributed by atoms with E-state index in [1.807, 2.05) is 38.2 Å². The SMILES string of the molecule is CC(=Nc1c(C)cccc1C)c1cccnc1.C[C-]=Nc1c(C)cccc1C.[Cl-].[Cr+2]. The largest absolute Gasteiger partial charge is 2.00 e. The molecular weight excluding hydrogens is 430 g/mol. The van der Waals surface area contributed by atoms with Crippen LogP contribution in [0.4, 0.5) is 11.4 Å². The van der Waals surface area contributed by atoms with E-state index in [1.165, 1.54) is 22.3 Å². The van der Waals surface area contributed by atoms with Crippen LogP contribution in [0.5, 0.6) is 0 Å². The van der Waals surface area contributed by atoms with Gasteiger partial charge >= 0.3 is 17.4 Å². The van der Waals surface area contributed by atoms with Crippen LogP contribution in [-0.4, -0.2) is 16.9 Å². The molecule has 0 unspecified atom stereocenters. The third-order valence-corrected chi connectivity index (χ3v) is 4.46. The number of rotatable bonds is 3. The Bertz CT molecular complexity index is 942. The summed E-state index contributed by atoms with van der Waals surface area (Å²) in [5.41, 5.74) is 9.00. The Morgan fingerprint density at radius 3 is 1.73 bits per heavy atom. The van der Waals surface area contributed by atoms with Crippen LogP contribution in [0.1, 0.15) is 41.7 Å². The van der Waals surface area contributed by atoms with E-state index >= 15 is 0 Å². The van der Waals surface area contributed by atoms with Crippen molar-refractivity contribution in [2.24, 2.45) is 9.98 Å². The minimum atomic E-state index is 0. The van der Waals surface area contributed by atoms with Crippen LogP contribution in [0.15, 0.2) is 70.9 Å². The molecule has 1 heterocycles. The van der Waals surface area contributed by atoms with Crippen LogP contribution in [-0.2, 0) is 17.4 Å². The minimum absolute atomic E-state index is 0. The second kappa shape index (κ2) is 13.9. The van der Waals surface area contributed by atoms with Gasteiger partial charge in [-0.1, -0.05) is 62.0 Å². The molecule has 5 heteroatoms. The van der Waals surface area contributed by atoms with Gasteiger partial charge in [0.25, 0.3) is 0 Å². The molecule has 0 amide bonds. The third kappa shape index (κ3) is 7.88. The monoisotopic (exact) mass is 457 g/mol. The summed E-state index contributed by atoms with van der Waals surface area (Å²) in [4.78, 5) is 13.0. The van der Waals surface area contributed by atoms with Gasteiger partial charge in [-0.05, 0) is 38.0 Å². The van der Waals surface area contributed by atoms with Crippen LogP contribution >= 0.6 is 0 Å². The zero-order valence-electron chi connectivity index (χ0n) is 18.4. The first-order valence-corrected chi connectivity index (χ1v) is 9.39. The fraction of sp³-hybridized carbons (Fsp3) is 0.240. The van der Waals surface area contributed by atoms with E-state index in [4.69, 9.17) is 4.99 Å². The number of aromatic nitrogens is 1. The number of hydrogen-bond acceptors (Lipinski definition) is 3. The Balaban J connectivity index is 0.000000569. The average molecular weight is 458 g/mol. The van der Waals surface area contributed by atoms with E-state index in [0.717, 1.165) is 22.6 Å². The molecule has 0 aliphatic heterocycles. The first-order chi connectivity index (χ1) is 13.4. The smallest absolute Gasteiger partial charge is 1.00 e. The van der Waals surface area contributed by atoms with Crippen molar-refractivity contribution in [1.29, 1.82) is 0 Å². The van der Waals surface area contributed by atoms with Gasteiger partial charge in [0.15, 0.2) is 0 Å². The zero-order valence-corrected chi connectivity index (χ0v) is 20.4. The van der Waals surface area contributed by atoms with Gasteiger partial charge in [-0.2, -0.15) is 6.21 Å². The second-order valence-electron chi connectivity index (χ2n) is 6.76. The quantitative estimate of drug-likeness (QED) is 0.436. The number of para-hydroxylation sites is 2. The van der Waals surface area contributed by atoms with Gasteiger partial charge in [0, 0.05) is 23.7 Å². The molecule has 156 valence electrons. The Hall–Kier alpha value is -2.25. The van der Waals surface area contributed by atoms with Crippen molar-refractivity contribution in [3.8, 4) is 0 Å². The number of nitrogens with zero attached hydrogens (tertiary/aromatic N) is 3. The number of hydrogen-bond donors (Lipinski definition) is 0. The Kier molecular flexibility index (Phi) is 12.8. The fourth-order valence-corrected chi connectivity index (χ4v) is 2.88. The predicted octanol–water partition coefficient (Wildman–Crippen LogP) is 3.74.